The molecule has 0 aromatic carbocycles. The maximum Gasteiger partial charge on any atom is 0.200 e. The monoisotopic (exact) mass is 364 g/mol. The van der Waals surface area contributed by atoms with E-state index >= 15 is 0 Å². The Labute approximate surface area is 155 Å². The summed E-state index contributed by atoms with van der Waals surface area (Å²) in [4.78, 5) is 7.21. The third-order valence-electron chi connectivity index (χ3n) is 4.96. The lowest BCUT2D eigenvalue weighted by molar-refractivity contribution is 0.0986. The molecule has 1 atom stereocenters. The van der Waals surface area contributed by atoms with Gasteiger partial charge in [0.05, 0.1) is 30.6 Å². The molecule has 5 rings (SSSR count). The van der Waals surface area contributed by atoms with Gasteiger partial charge in [0.15, 0.2) is 11.6 Å². The Morgan fingerprint density at radius 3 is 2.81 bits per heavy atom. The van der Waals surface area contributed by atoms with Crippen LogP contribution < -0.4 is 4.90 Å². The summed E-state index contributed by atoms with van der Waals surface area (Å²) in [6.07, 6.45) is 3.49. The van der Waals surface area contributed by atoms with Gasteiger partial charge in [0, 0.05) is 26.0 Å². The van der Waals surface area contributed by atoms with E-state index in [1.165, 1.54) is 0 Å². The first-order chi connectivity index (χ1) is 13.2. The molecule has 5 heterocycles. The fraction of sp³-hybridized carbons (Fsp3) is 0.333. The van der Waals surface area contributed by atoms with E-state index in [-0.39, 0.29) is 6.04 Å². The van der Waals surface area contributed by atoms with E-state index in [2.05, 4.69) is 33.2 Å². The maximum atomic E-state index is 5.61. The van der Waals surface area contributed by atoms with Gasteiger partial charge < -0.3 is 9.64 Å². The number of anilines is 1. The van der Waals surface area contributed by atoms with Crippen LogP contribution in [0.25, 0.3) is 28.4 Å². The molecule has 4 aromatic rings. The SMILES string of the molecule is C[C@@H]1COCCN1c1nc(-c2ccnn2C)nn2c(-c3ccn[nH]3)ccc12. The van der Waals surface area contributed by atoms with E-state index in [0.717, 1.165) is 35.0 Å². The molecule has 0 saturated carbocycles. The van der Waals surface area contributed by atoms with Gasteiger partial charge in [-0.2, -0.15) is 10.2 Å². The minimum Gasteiger partial charge on any atom is -0.377 e. The van der Waals surface area contributed by atoms with Crippen LogP contribution in [-0.2, 0) is 11.8 Å². The van der Waals surface area contributed by atoms with Crippen LogP contribution in [0.2, 0.25) is 0 Å². The van der Waals surface area contributed by atoms with E-state index in [4.69, 9.17) is 14.8 Å². The molecule has 0 radical (unpaired) electrons. The molecule has 1 N–H and O–H groups in total. The van der Waals surface area contributed by atoms with Crippen molar-refractivity contribution in [3.05, 3.63) is 36.7 Å². The van der Waals surface area contributed by atoms with Crippen molar-refractivity contribution < 1.29 is 4.74 Å². The predicted octanol–water partition coefficient (Wildman–Crippen LogP) is 1.74. The maximum absolute atomic E-state index is 5.61. The molecule has 0 amide bonds. The van der Waals surface area contributed by atoms with E-state index in [1.54, 1.807) is 17.1 Å². The lowest BCUT2D eigenvalue weighted by Crippen LogP contribution is -2.44. The smallest absolute Gasteiger partial charge is 0.200 e. The molecule has 138 valence electrons. The topological polar surface area (TPSA) is 89.2 Å². The van der Waals surface area contributed by atoms with Gasteiger partial charge in [0.25, 0.3) is 0 Å². The molecule has 9 heteroatoms. The highest BCUT2D eigenvalue weighted by atomic mass is 16.5. The summed E-state index contributed by atoms with van der Waals surface area (Å²) in [6.45, 7) is 4.32. The summed E-state index contributed by atoms with van der Waals surface area (Å²) < 4.78 is 9.33. The molecule has 1 fully saturated rings. The molecule has 9 nitrogen and oxygen atoms in total. The van der Waals surface area contributed by atoms with Crippen LogP contribution >= 0.6 is 0 Å². The molecule has 0 bridgehead atoms. The van der Waals surface area contributed by atoms with E-state index in [1.807, 2.05) is 29.8 Å². The zero-order valence-electron chi connectivity index (χ0n) is 15.2. The summed E-state index contributed by atoms with van der Waals surface area (Å²) in [6, 6.07) is 8.19. The molecule has 4 aromatic heterocycles. The Morgan fingerprint density at radius 2 is 2.07 bits per heavy atom. The lowest BCUT2D eigenvalue weighted by atomic mass is 10.2. The first-order valence-electron chi connectivity index (χ1n) is 8.94. The van der Waals surface area contributed by atoms with Gasteiger partial charge in [-0.15, -0.1) is 5.10 Å². The van der Waals surface area contributed by atoms with E-state index < -0.39 is 0 Å². The van der Waals surface area contributed by atoms with Crippen LogP contribution in [-0.4, -0.2) is 60.4 Å². The van der Waals surface area contributed by atoms with Crippen molar-refractivity contribution in [2.75, 3.05) is 24.7 Å². The zero-order chi connectivity index (χ0) is 18.4. The van der Waals surface area contributed by atoms with Gasteiger partial charge >= 0.3 is 0 Å². The quantitative estimate of drug-likeness (QED) is 0.596. The van der Waals surface area contributed by atoms with Crippen LogP contribution in [0.15, 0.2) is 36.7 Å². The Bertz CT molecular complexity index is 1080. The molecule has 0 unspecified atom stereocenters. The summed E-state index contributed by atoms with van der Waals surface area (Å²) in [5.74, 6) is 1.54. The van der Waals surface area contributed by atoms with Gasteiger partial charge in [-0.05, 0) is 31.2 Å². The summed E-state index contributed by atoms with van der Waals surface area (Å²) >= 11 is 0. The lowest BCUT2D eigenvalue weighted by Gasteiger charge is -2.34. The number of rotatable bonds is 3. The molecule has 1 aliphatic rings. The first-order valence-corrected chi connectivity index (χ1v) is 8.94. The minimum atomic E-state index is 0.238. The van der Waals surface area contributed by atoms with Crippen molar-refractivity contribution in [3.8, 4) is 22.9 Å². The standard InChI is InChI=1S/C18H20N8O/c1-12-11-27-10-9-25(12)18-16-4-3-14(13-5-7-19-22-13)26(16)23-17(21-18)15-6-8-20-24(15)2/h3-8,12H,9-11H2,1-2H3,(H,19,22)/t12-/m1/s1. The second-order valence-electron chi connectivity index (χ2n) is 6.70. The molecule has 27 heavy (non-hydrogen) atoms. The number of H-pyrrole nitrogens is 1. The van der Waals surface area contributed by atoms with Crippen LogP contribution in [0.5, 0.6) is 0 Å². The van der Waals surface area contributed by atoms with Gasteiger partial charge in [0.2, 0.25) is 0 Å². The number of hydrogen-bond acceptors (Lipinski definition) is 6. The molecular formula is C18H20N8O. The number of morpholine rings is 1. The average Bonchev–Trinajstić information content (AvgIpc) is 3.41. The molecule has 1 saturated heterocycles. The summed E-state index contributed by atoms with van der Waals surface area (Å²) in [5.41, 5.74) is 3.67. The second kappa shape index (κ2) is 6.20. The number of ether oxygens (including phenoxy) is 1. The van der Waals surface area contributed by atoms with Crippen molar-refractivity contribution in [1.29, 1.82) is 0 Å². The molecular weight excluding hydrogens is 344 g/mol. The molecule has 1 aliphatic heterocycles. The fourth-order valence-electron chi connectivity index (χ4n) is 3.54. The van der Waals surface area contributed by atoms with Crippen LogP contribution in [0.4, 0.5) is 5.82 Å². The van der Waals surface area contributed by atoms with E-state index in [0.29, 0.717) is 19.0 Å². The minimum absolute atomic E-state index is 0.238. The Balaban J connectivity index is 1.76. The Kier molecular flexibility index (Phi) is 3.68. The highest BCUT2D eigenvalue weighted by molar-refractivity contribution is 5.76. The van der Waals surface area contributed by atoms with Crippen LogP contribution in [0.3, 0.4) is 0 Å². The Hall–Kier alpha value is -3.20. The van der Waals surface area contributed by atoms with Gasteiger partial charge in [-0.1, -0.05) is 0 Å². The number of aromatic nitrogens is 7. The molecule has 0 spiro atoms. The van der Waals surface area contributed by atoms with Crippen LogP contribution in [0, 0.1) is 0 Å². The van der Waals surface area contributed by atoms with Crippen molar-refractivity contribution in [2.24, 2.45) is 7.05 Å². The highest BCUT2D eigenvalue weighted by Gasteiger charge is 2.25. The van der Waals surface area contributed by atoms with E-state index in [9.17, 15) is 0 Å². The number of nitrogens with one attached hydrogen (secondary N) is 1. The Morgan fingerprint density at radius 1 is 1.15 bits per heavy atom. The largest absolute Gasteiger partial charge is 0.377 e. The number of aromatic amines is 1. The van der Waals surface area contributed by atoms with Gasteiger partial charge in [-0.25, -0.2) is 9.50 Å². The number of hydrogen-bond donors (Lipinski definition) is 1. The van der Waals surface area contributed by atoms with Crippen molar-refractivity contribution in [3.63, 3.8) is 0 Å². The van der Waals surface area contributed by atoms with Crippen LogP contribution in [0.1, 0.15) is 6.92 Å². The number of nitrogens with zero attached hydrogens (tertiary/aromatic N) is 7. The second-order valence-corrected chi connectivity index (χ2v) is 6.70. The first kappa shape index (κ1) is 16.0. The normalized spacial score (nSPS) is 17.7. The summed E-state index contributed by atoms with van der Waals surface area (Å²) in [7, 11) is 1.89. The number of aryl methyl sites for hydroxylation is 1. The fourth-order valence-corrected chi connectivity index (χ4v) is 3.54. The van der Waals surface area contributed by atoms with Crippen molar-refractivity contribution in [2.45, 2.75) is 13.0 Å². The van der Waals surface area contributed by atoms with Crippen molar-refractivity contribution >= 4 is 11.3 Å². The van der Waals surface area contributed by atoms with Crippen molar-refractivity contribution in [1.82, 2.24) is 34.6 Å². The zero-order valence-corrected chi connectivity index (χ0v) is 15.2. The average molecular weight is 364 g/mol. The highest BCUT2D eigenvalue weighted by Crippen LogP contribution is 2.30. The molecule has 0 aliphatic carbocycles. The summed E-state index contributed by atoms with van der Waals surface area (Å²) in [5, 5.41) is 16.2. The third kappa shape index (κ3) is 2.58. The third-order valence-corrected chi connectivity index (χ3v) is 4.96. The van der Waals surface area contributed by atoms with Gasteiger partial charge in [-0.3, -0.25) is 9.78 Å². The van der Waals surface area contributed by atoms with Gasteiger partial charge in [0.1, 0.15) is 11.2 Å². The number of fused-ring (bicyclic) bond motifs is 1. The predicted molar refractivity (Wildman–Crippen MR) is 100 cm³/mol.